The molecule has 4 aromatic carbocycles. The number of halogens is 1. The van der Waals surface area contributed by atoms with Crippen molar-refractivity contribution in [3.05, 3.63) is 106 Å². The molecule has 1 aromatic heterocycles. The van der Waals surface area contributed by atoms with Crippen molar-refractivity contribution in [3.8, 4) is 11.8 Å². The Balaban J connectivity index is 1.59. The summed E-state index contributed by atoms with van der Waals surface area (Å²) in [5.41, 5.74) is 5.16. The quantitative estimate of drug-likeness (QED) is 0.286. The molecule has 1 N–H and O–H groups in total. The summed E-state index contributed by atoms with van der Waals surface area (Å²) in [5.74, 6) is 1.23. The molecule has 5 aromatic rings. The average Bonchev–Trinajstić information content (AvgIpc) is 3.25. The molecule has 0 amide bonds. The first kappa shape index (κ1) is 20.8. The van der Waals surface area contributed by atoms with E-state index in [0.29, 0.717) is 28.8 Å². The highest BCUT2D eigenvalue weighted by molar-refractivity contribution is 6.30. The first-order valence-electron chi connectivity index (χ1n) is 10.6. The largest absolute Gasteiger partial charge is 0.488 e. The second-order valence-electron chi connectivity index (χ2n) is 7.89. The number of nitrogens with one attached hydrogen (secondary N) is 1. The summed E-state index contributed by atoms with van der Waals surface area (Å²) in [6.45, 7) is 2.42. The number of benzene rings is 4. The molecule has 0 atom stereocenters. The summed E-state index contributed by atoms with van der Waals surface area (Å²) < 4.78 is 6.20. The number of aryl methyl sites for hydroxylation is 1. The van der Waals surface area contributed by atoms with Crippen LogP contribution < -0.4 is 4.74 Å². The number of H-pyrrole nitrogens is 1. The van der Waals surface area contributed by atoms with Gasteiger partial charge in [0, 0.05) is 10.6 Å². The number of rotatable bonds is 5. The normalized spacial score (nSPS) is 11.6. The van der Waals surface area contributed by atoms with Gasteiger partial charge in [-0.15, -0.1) is 0 Å². The van der Waals surface area contributed by atoms with Gasteiger partial charge in [-0.3, -0.25) is 0 Å². The van der Waals surface area contributed by atoms with Gasteiger partial charge < -0.3 is 9.72 Å². The molecule has 33 heavy (non-hydrogen) atoms. The van der Waals surface area contributed by atoms with Crippen LogP contribution in [-0.2, 0) is 6.61 Å². The summed E-state index contributed by atoms with van der Waals surface area (Å²) in [4.78, 5) is 7.92. The number of allylic oxidation sites excluding steroid dienone is 1. The molecule has 0 bridgehead atoms. The number of aromatic amines is 1. The predicted octanol–water partition coefficient (Wildman–Crippen LogP) is 7.32. The summed E-state index contributed by atoms with van der Waals surface area (Å²) in [6, 6.07) is 27.9. The lowest BCUT2D eigenvalue weighted by Crippen LogP contribution is -1.98. The Morgan fingerprint density at radius 3 is 2.70 bits per heavy atom. The van der Waals surface area contributed by atoms with Crippen LogP contribution in [0.5, 0.6) is 5.75 Å². The molecule has 0 fully saturated rings. The Bertz CT molecular complexity index is 1540. The zero-order chi connectivity index (χ0) is 22.8. The van der Waals surface area contributed by atoms with Gasteiger partial charge in [0.25, 0.3) is 0 Å². The van der Waals surface area contributed by atoms with Crippen molar-refractivity contribution < 1.29 is 4.74 Å². The fraction of sp³-hybridized carbons (Fsp3) is 0.0714. The Kier molecular flexibility index (Phi) is 5.56. The molecule has 0 radical (unpaired) electrons. The van der Waals surface area contributed by atoms with Crippen LogP contribution in [0.25, 0.3) is 33.5 Å². The lowest BCUT2D eigenvalue weighted by atomic mass is 10.0. The Hall–Kier alpha value is -4.07. The van der Waals surface area contributed by atoms with Gasteiger partial charge >= 0.3 is 0 Å². The number of aromatic nitrogens is 2. The highest BCUT2D eigenvalue weighted by atomic mass is 35.5. The smallest absolute Gasteiger partial charge is 0.149 e. The van der Waals surface area contributed by atoms with Crippen molar-refractivity contribution in [2.45, 2.75) is 13.5 Å². The molecule has 0 unspecified atom stereocenters. The van der Waals surface area contributed by atoms with Gasteiger partial charge in [-0.05, 0) is 65.2 Å². The van der Waals surface area contributed by atoms with E-state index in [4.69, 9.17) is 16.3 Å². The van der Waals surface area contributed by atoms with E-state index in [-0.39, 0.29) is 0 Å². The molecule has 5 heteroatoms. The third-order valence-corrected chi connectivity index (χ3v) is 5.79. The minimum absolute atomic E-state index is 0.391. The molecule has 0 aliphatic heterocycles. The maximum atomic E-state index is 9.99. The summed E-state index contributed by atoms with van der Waals surface area (Å²) in [7, 11) is 0. The third-order valence-electron chi connectivity index (χ3n) is 5.54. The van der Waals surface area contributed by atoms with E-state index in [0.717, 1.165) is 38.5 Å². The first-order chi connectivity index (χ1) is 16.1. The van der Waals surface area contributed by atoms with Crippen molar-refractivity contribution in [2.75, 3.05) is 0 Å². The Labute approximate surface area is 196 Å². The summed E-state index contributed by atoms with van der Waals surface area (Å²) >= 11 is 6.00. The van der Waals surface area contributed by atoms with Gasteiger partial charge in [0.05, 0.1) is 16.6 Å². The van der Waals surface area contributed by atoms with Crippen LogP contribution >= 0.6 is 11.6 Å². The molecule has 0 saturated heterocycles. The van der Waals surface area contributed by atoms with Gasteiger partial charge in [-0.25, -0.2) is 4.98 Å². The number of fused-ring (bicyclic) bond motifs is 2. The van der Waals surface area contributed by atoms with Crippen LogP contribution in [0, 0.1) is 18.3 Å². The molecular formula is C28H20ClN3O. The number of nitriles is 1. The van der Waals surface area contributed by atoms with Crippen molar-refractivity contribution in [1.29, 1.82) is 5.26 Å². The number of nitrogens with zero attached hydrogens (tertiary/aromatic N) is 2. The molecular weight excluding hydrogens is 430 g/mol. The van der Waals surface area contributed by atoms with Gasteiger partial charge in [0.15, 0.2) is 0 Å². The van der Waals surface area contributed by atoms with Gasteiger partial charge in [0.1, 0.15) is 24.3 Å². The predicted molar refractivity (Wildman–Crippen MR) is 134 cm³/mol. The fourth-order valence-corrected chi connectivity index (χ4v) is 3.97. The van der Waals surface area contributed by atoms with E-state index in [1.165, 1.54) is 0 Å². The zero-order valence-corrected chi connectivity index (χ0v) is 18.7. The van der Waals surface area contributed by atoms with Crippen LogP contribution in [0.4, 0.5) is 0 Å². The van der Waals surface area contributed by atoms with Crippen molar-refractivity contribution >= 4 is 45.1 Å². The number of hydrogen-bond acceptors (Lipinski definition) is 3. The number of hydrogen-bond donors (Lipinski definition) is 1. The molecule has 0 saturated carbocycles. The van der Waals surface area contributed by atoms with Crippen molar-refractivity contribution in [2.24, 2.45) is 0 Å². The third kappa shape index (κ3) is 4.32. The maximum Gasteiger partial charge on any atom is 0.149 e. The topological polar surface area (TPSA) is 61.7 Å². The van der Waals surface area contributed by atoms with Crippen LogP contribution in [-0.4, -0.2) is 9.97 Å². The lowest BCUT2D eigenvalue weighted by molar-refractivity contribution is 0.306. The van der Waals surface area contributed by atoms with Crippen molar-refractivity contribution in [1.82, 2.24) is 9.97 Å². The molecule has 4 nitrogen and oxygen atoms in total. The van der Waals surface area contributed by atoms with E-state index in [1.54, 1.807) is 0 Å². The van der Waals surface area contributed by atoms with Crippen LogP contribution in [0.2, 0.25) is 5.02 Å². The minimum atomic E-state index is 0.391. The van der Waals surface area contributed by atoms with E-state index in [9.17, 15) is 5.26 Å². The Morgan fingerprint density at radius 2 is 1.88 bits per heavy atom. The first-order valence-corrected chi connectivity index (χ1v) is 11.0. The summed E-state index contributed by atoms with van der Waals surface area (Å²) in [6.07, 6.45) is 1.85. The molecule has 0 aliphatic rings. The zero-order valence-electron chi connectivity index (χ0n) is 18.0. The second-order valence-corrected chi connectivity index (χ2v) is 8.33. The van der Waals surface area contributed by atoms with Crippen molar-refractivity contribution in [3.63, 3.8) is 0 Å². The van der Waals surface area contributed by atoms with Gasteiger partial charge in [-0.2, -0.15) is 5.26 Å². The average molecular weight is 450 g/mol. The second kappa shape index (κ2) is 8.82. The van der Waals surface area contributed by atoms with E-state index in [2.05, 4.69) is 16.0 Å². The van der Waals surface area contributed by atoms with E-state index < -0.39 is 0 Å². The molecule has 1 heterocycles. The maximum absolute atomic E-state index is 9.99. The number of ether oxygens (including phenoxy) is 1. The van der Waals surface area contributed by atoms with E-state index in [1.807, 2.05) is 91.9 Å². The Morgan fingerprint density at radius 1 is 1.06 bits per heavy atom. The SMILES string of the molecule is Cc1ccc2nc(C(C#N)=Cc3c(OCc4ccc(Cl)cc4)ccc4ccccc34)[nH]c2c1. The molecule has 5 rings (SSSR count). The van der Waals surface area contributed by atoms with Crippen LogP contribution in [0.1, 0.15) is 22.5 Å². The minimum Gasteiger partial charge on any atom is -0.488 e. The van der Waals surface area contributed by atoms with Gasteiger partial charge in [-0.1, -0.05) is 60.1 Å². The number of imidazole rings is 1. The highest BCUT2D eigenvalue weighted by Gasteiger charge is 2.13. The van der Waals surface area contributed by atoms with Crippen LogP contribution in [0.15, 0.2) is 78.9 Å². The molecule has 160 valence electrons. The standard InChI is InChI=1S/C28H20ClN3O/c1-18-6-12-25-26(14-18)32-28(31-25)21(16-30)15-24-23-5-3-2-4-20(23)9-13-27(24)33-17-19-7-10-22(29)11-8-19/h2-15H,17H2,1H3,(H,31,32). The van der Waals surface area contributed by atoms with Crippen LogP contribution in [0.3, 0.4) is 0 Å². The van der Waals surface area contributed by atoms with E-state index >= 15 is 0 Å². The monoisotopic (exact) mass is 449 g/mol. The molecule has 0 spiro atoms. The molecule has 0 aliphatic carbocycles. The summed E-state index contributed by atoms with van der Waals surface area (Å²) in [5, 5.41) is 12.7. The van der Waals surface area contributed by atoms with Gasteiger partial charge in [0.2, 0.25) is 0 Å². The lowest BCUT2D eigenvalue weighted by Gasteiger charge is -2.13. The highest BCUT2D eigenvalue weighted by Crippen LogP contribution is 2.32. The fourth-order valence-electron chi connectivity index (χ4n) is 3.84.